The highest BCUT2D eigenvalue weighted by atomic mass is 19.4. The van der Waals surface area contributed by atoms with Gasteiger partial charge in [-0.15, -0.1) is 0 Å². The first-order valence-electron chi connectivity index (χ1n) is 5.00. The standard InChI is InChI=1S/C9H9F3N2O3/c10-9(11,12)3-4-14-6(16)8(1-2-8)5(15)13-7(14)17/h1-4H2,(H,13,15,17). The molecule has 5 nitrogen and oxygen atoms in total. The number of carbonyl (C=O) groups excluding carboxylic acids is 3. The number of alkyl halides is 3. The molecule has 8 heteroatoms. The first kappa shape index (κ1) is 11.9. The van der Waals surface area contributed by atoms with Crippen LogP contribution in [0.2, 0.25) is 0 Å². The summed E-state index contributed by atoms with van der Waals surface area (Å²) in [6, 6.07) is -1.07. The summed E-state index contributed by atoms with van der Waals surface area (Å²) in [5.74, 6) is -1.51. The Bertz CT molecular complexity index is 401. The van der Waals surface area contributed by atoms with Crippen molar-refractivity contribution in [3.05, 3.63) is 0 Å². The number of hydrogen-bond donors (Lipinski definition) is 1. The van der Waals surface area contributed by atoms with Crippen LogP contribution in [0.4, 0.5) is 18.0 Å². The van der Waals surface area contributed by atoms with Crippen LogP contribution in [0.15, 0.2) is 0 Å². The van der Waals surface area contributed by atoms with Crippen molar-refractivity contribution in [3.63, 3.8) is 0 Å². The van der Waals surface area contributed by atoms with Crippen LogP contribution < -0.4 is 5.32 Å². The zero-order valence-corrected chi connectivity index (χ0v) is 8.63. The lowest BCUT2D eigenvalue weighted by atomic mass is 10.0. The zero-order chi connectivity index (χ0) is 12.8. The summed E-state index contributed by atoms with van der Waals surface area (Å²) in [5, 5.41) is 1.91. The Labute approximate surface area is 93.9 Å². The largest absolute Gasteiger partial charge is 0.390 e. The SMILES string of the molecule is O=C1NC(=O)C2(CC2)C(=O)N1CCC(F)(F)F. The average Bonchev–Trinajstić information content (AvgIpc) is 2.94. The number of imide groups is 2. The molecule has 94 valence electrons. The lowest BCUT2D eigenvalue weighted by Gasteiger charge is -2.30. The molecule has 1 saturated carbocycles. The molecule has 1 aliphatic carbocycles. The number of carbonyl (C=O) groups is 3. The van der Waals surface area contributed by atoms with Crippen LogP contribution in [0, 0.1) is 5.41 Å². The van der Waals surface area contributed by atoms with Gasteiger partial charge in [0.15, 0.2) is 0 Å². The van der Waals surface area contributed by atoms with Crippen molar-refractivity contribution in [3.8, 4) is 0 Å². The number of hydrogen-bond acceptors (Lipinski definition) is 3. The monoisotopic (exact) mass is 250 g/mol. The molecule has 2 fully saturated rings. The maximum Gasteiger partial charge on any atom is 0.390 e. The summed E-state index contributed by atoms with van der Waals surface area (Å²) in [5.41, 5.74) is -1.28. The molecular weight excluding hydrogens is 241 g/mol. The molecular formula is C9H9F3N2O3. The average molecular weight is 250 g/mol. The van der Waals surface area contributed by atoms with Crippen LogP contribution in [0.3, 0.4) is 0 Å². The molecule has 2 aliphatic rings. The van der Waals surface area contributed by atoms with Gasteiger partial charge in [0, 0.05) is 6.54 Å². The third-order valence-electron chi connectivity index (χ3n) is 2.92. The van der Waals surface area contributed by atoms with E-state index < -0.39 is 42.4 Å². The first-order valence-corrected chi connectivity index (χ1v) is 5.00. The molecule has 0 aromatic rings. The van der Waals surface area contributed by atoms with Crippen LogP contribution in [0.25, 0.3) is 0 Å². The fourth-order valence-corrected chi connectivity index (χ4v) is 1.74. The topological polar surface area (TPSA) is 66.5 Å². The van der Waals surface area contributed by atoms with Crippen LogP contribution in [0.1, 0.15) is 19.3 Å². The quantitative estimate of drug-likeness (QED) is 0.737. The van der Waals surface area contributed by atoms with E-state index in [-0.39, 0.29) is 12.8 Å². The van der Waals surface area contributed by atoms with Gasteiger partial charge in [0.05, 0.1) is 6.42 Å². The second-order valence-corrected chi connectivity index (χ2v) is 4.16. The highest BCUT2D eigenvalue weighted by Crippen LogP contribution is 2.49. The van der Waals surface area contributed by atoms with E-state index in [9.17, 15) is 27.6 Å². The van der Waals surface area contributed by atoms with Crippen molar-refractivity contribution in [2.24, 2.45) is 5.41 Å². The lowest BCUT2D eigenvalue weighted by Crippen LogP contribution is -2.59. The van der Waals surface area contributed by atoms with Gasteiger partial charge in [-0.25, -0.2) is 4.79 Å². The number of urea groups is 1. The number of halogens is 3. The number of barbiturate groups is 1. The van der Waals surface area contributed by atoms with E-state index in [1.54, 1.807) is 0 Å². The first-order chi connectivity index (χ1) is 7.76. The van der Waals surface area contributed by atoms with Crippen LogP contribution >= 0.6 is 0 Å². The van der Waals surface area contributed by atoms with Crippen molar-refractivity contribution in [2.75, 3.05) is 6.54 Å². The summed E-state index contributed by atoms with van der Waals surface area (Å²) in [7, 11) is 0. The number of amides is 4. The minimum Gasteiger partial charge on any atom is -0.277 e. The summed E-state index contributed by atoms with van der Waals surface area (Å²) < 4.78 is 36.0. The maximum absolute atomic E-state index is 12.0. The van der Waals surface area contributed by atoms with Gasteiger partial charge in [0.2, 0.25) is 11.8 Å². The van der Waals surface area contributed by atoms with E-state index in [4.69, 9.17) is 0 Å². The van der Waals surface area contributed by atoms with Gasteiger partial charge in [0.25, 0.3) is 0 Å². The minimum atomic E-state index is -4.45. The molecule has 17 heavy (non-hydrogen) atoms. The van der Waals surface area contributed by atoms with E-state index >= 15 is 0 Å². The highest BCUT2D eigenvalue weighted by Gasteiger charge is 2.62. The number of rotatable bonds is 2. The van der Waals surface area contributed by atoms with Gasteiger partial charge in [0.1, 0.15) is 5.41 Å². The van der Waals surface area contributed by atoms with Gasteiger partial charge in [-0.2, -0.15) is 13.2 Å². The summed E-state index contributed by atoms with van der Waals surface area (Å²) in [6.07, 6.45) is -5.14. The Morgan fingerprint density at radius 3 is 2.29 bits per heavy atom. The molecule has 4 amide bonds. The Kier molecular flexibility index (Phi) is 2.41. The molecule has 1 spiro atoms. The lowest BCUT2D eigenvalue weighted by molar-refractivity contribution is -0.150. The van der Waals surface area contributed by atoms with Crippen molar-refractivity contribution >= 4 is 17.8 Å². The minimum absolute atomic E-state index is 0.285. The van der Waals surface area contributed by atoms with Crippen LogP contribution in [-0.4, -0.2) is 35.5 Å². The molecule has 0 unspecified atom stereocenters. The molecule has 1 aliphatic heterocycles. The highest BCUT2D eigenvalue weighted by molar-refractivity contribution is 6.20. The summed E-state index contributed by atoms with van der Waals surface area (Å²) in [4.78, 5) is 34.8. The Morgan fingerprint density at radius 2 is 1.82 bits per heavy atom. The Balaban J connectivity index is 2.09. The molecule has 1 saturated heterocycles. The summed E-state index contributed by atoms with van der Waals surface area (Å²) in [6.45, 7) is -0.747. The predicted octanol–water partition coefficient (Wildman–Crippen LogP) is 0.797. The van der Waals surface area contributed by atoms with Gasteiger partial charge >= 0.3 is 12.2 Å². The molecule has 0 aromatic heterocycles. The predicted molar refractivity (Wildman–Crippen MR) is 47.6 cm³/mol. The normalized spacial score (nSPS) is 23.0. The summed E-state index contributed by atoms with van der Waals surface area (Å²) >= 11 is 0. The molecule has 1 heterocycles. The Hall–Kier alpha value is -1.60. The molecule has 0 bridgehead atoms. The van der Waals surface area contributed by atoms with E-state index in [0.717, 1.165) is 0 Å². The molecule has 0 radical (unpaired) electrons. The van der Waals surface area contributed by atoms with Crippen molar-refractivity contribution in [1.82, 2.24) is 10.2 Å². The van der Waals surface area contributed by atoms with Crippen LogP contribution in [0.5, 0.6) is 0 Å². The molecule has 0 atom stereocenters. The smallest absolute Gasteiger partial charge is 0.277 e. The zero-order valence-electron chi connectivity index (χ0n) is 8.63. The second-order valence-electron chi connectivity index (χ2n) is 4.16. The van der Waals surface area contributed by atoms with Crippen LogP contribution in [-0.2, 0) is 9.59 Å². The number of nitrogens with zero attached hydrogens (tertiary/aromatic N) is 1. The van der Waals surface area contributed by atoms with Crippen molar-refractivity contribution in [2.45, 2.75) is 25.4 Å². The third-order valence-corrected chi connectivity index (χ3v) is 2.92. The van der Waals surface area contributed by atoms with E-state index in [1.165, 1.54) is 0 Å². The third kappa shape index (κ3) is 1.98. The van der Waals surface area contributed by atoms with Gasteiger partial charge in [-0.3, -0.25) is 19.8 Å². The molecule has 1 N–H and O–H groups in total. The van der Waals surface area contributed by atoms with Crippen molar-refractivity contribution in [1.29, 1.82) is 0 Å². The van der Waals surface area contributed by atoms with E-state index in [1.807, 2.05) is 5.32 Å². The van der Waals surface area contributed by atoms with Gasteiger partial charge in [-0.05, 0) is 12.8 Å². The van der Waals surface area contributed by atoms with Crippen molar-refractivity contribution < 1.29 is 27.6 Å². The second kappa shape index (κ2) is 3.44. The maximum atomic E-state index is 12.0. The molecule has 2 rings (SSSR count). The van der Waals surface area contributed by atoms with E-state index in [2.05, 4.69) is 0 Å². The number of nitrogens with one attached hydrogen (secondary N) is 1. The fraction of sp³-hybridized carbons (Fsp3) is 0.667. The fourth-order valence-electron chi connectivity index (χ4n) is 1.74. The van der Waals surface area contributed by atoms with Gasteiger partial charge in [-0.1, -0.05) is 0 Å². The van der Waals surface area contributed by atoms with E-state index in [0.29, 0.717) is 4.90 Å². The molecule has 0 aromatic carbocycles. The van der Waals surface area contributed by atoms with Gasteiger partial charge < -0.3 is 0 Å². The Morgan fingerprint density at radius 1 is 1.24 bits per heavy atom.